The van der Waals surface area contributed by atoms with Gasteiger partial charge in [0, 0.05) is 5.56 Å². The third kappa shape index (κ3) is 1.87. The number of ether oxygens (including phenoxy) is 1. The van der Waals surface area contributed by atoms with E-state index in [0.717, 1.165) is 0 Å². The van der Waals surface area contributed by atoms with Gasteiger partial charge in [0.15, 0.2) is 5.78 Å². The molecule has 1 aromatic carbocycles. The van der Waals surface area contributed by atoms with Gasteiger partial charge in [-0.05, 0) is 6.08 Å². The molecule has 1 heterocycles. The fourth-order valence-electron chi connectivity index (χ4n) is 1.51. The molecule has 0 saturated heterocycles. The van der Waals surface area contributed by atoms with Crippen LogP contribution in [0.2, 0.25) is 0 Å². The lowest BCUT2D eigenvalue weighted by Crippen LogP contribution is -2.35. The number of benzene rings is 1. The van der Waals surface area contributed by atoms with Crippen molar-refractivity contribution in [2.45, 2.75) is 6.29 Å². The number of rotatable bonds is 2. The molecule has 0 fully saturated rings. The minimum absolute atomic E-state index is 0.329. The molecule has 82 valence electrons. The second-order valence-electron chi connectivity index (χ2n) is 3.43. The van der Waals surface area contributed by atoms with Gasteiger partial charge in [-0.1, -0.05) is 30.3 Å². The van der Waals surface area contributed by atoms with Crippen molar-refractivity contribution in [3.05, 3.63) is 48.2 Å². The van der Waals surface area contributed by atoms with Crippen molar-refractivity contribution < 1.29 is 19.4 Å². The largest absolute Gasteiger partial charge is 0.465 e. The van der Waals surface area contributed by atoms with E-state index in [1.807, 2.05) is 0 Å². The smallest absolute Gasteiger partial charge is 0.257 e. The highest BCUT2D eigenvalue weighted by molar-refractivity contribution is 6.13. The highest BCUT2D eigenvalue weighted by Gasteiger charge is 2.33. The maximum Gasteiger partial charge on any atom is 0.257 e. The predicted octanol–water partition coefficient (Wildman–Crippen LogP) is 0.917. The maximum atomic E-state index is 11.9. The number of hydrogen-bond donors (Lipinski definition) is 1. The normalized spacial score (nSPS) is 23.9. The van der Waals surface area contributed by atoms with Crippen molar-refractivity contribution >= 4 is 11.6 Å². The summed E-state index contributed by atoms with van der Waals surface area (Å²) in [6, 6.07) is 8.48. The second kappa shape index (κ2) is 4.28. The summed E-state index contributed by atoms with van der Waals surface area (Å²) in [4.78, 5) is 23.4. The van der Waals surface area contributed by atoms with Crippen molar-refractivity contribution in [1.29, 1.82) is 0 Å². The molecule has 2 atom stereocenters. The van der Waals surface area contributed by atoms with Gasteiger partial charge in [0.1, 0.15) is 5.92 Å². The Labute approximate surface area is 92.2 Å². The molecule has 0 aromatic heterocycles. The van der Waals surface area contributed by atoms with Gasteiger partial charge in [0.05, 0.1) is 6.26 Å². The van der Waals surface area contributed by atoms with Crippen LogP contribution in [0.15, 0.2) is 42.7 Å². The number of hydrogen-bond acceptors (Lipinski definition) is 4. The fraction of sp³-hybridized carbons (Fsp3) is 0.167. The van der Waals surface area contributed by atoms with Gasteiger partial charge in [0.2, 0.25) is 5.78 Å². The first kappa shape index (κ1) is 10.6. The number of allylic oxidation sites excluding steroid dienone is 1. The van der Waals surface area contributed by atoms with Gasteiger partial charge in [-0.2, -0.15) is 0 Å². The average molecular weight is 218 g/mol. The lowest BCUT2D eigenvalue weighted by atomic mass is 9.92. The summed E-state index contributed by atoms with van der Waals surface area (Å²) in [5, 5.41) is 9.17. The molecule has 0 amide bonds. The standard InChI is InChI=1S/C12H10O4/c13-10(8-4-2-1-3-5-8)9-6-7-16-12(15)11(9)14/h1-7,9,12,15H. The quantitative estimate of drug-likeness (QED) is 0.592. The van der Waals surface area contributed by atoms with E-state index in [4.69, 9.17) is 5.11 Å². The summed E-state index contributed by atoms with van der Waals surface area (Å²) < 4.78 is 4.58. The van der Waals surface area contributed by atoms with Crippen molar-refractivity contribution in [2.75, 3.05) is 0 Å². The first-order valence-corrected chi connectivity index (χ1v) is 4.83. The van der Waals surface area contributed by atoms with E-state index in [1.165, 1.54) is 12.3 Å². The molecule has 4 heteroatoms. The molecular formula is C12H10O4. The number of aliphatic hydroxyl groups excluding tert-OH is 1. The maximum absolute atomic E-state index is 11.9. The van der Waals surface area contributed by atoms with Gasteiger partial charge in [-0.15, -0.1) is 0 Å². The number of carbonyl (C=O) groups excluding carboxylic acids is 2. The van der Waals surface area contributed by atoms with Crippen LogP contribution in [0, 0.1) is 5.92 Å². The minimum atomic E-state index is -1.54. The summed E-state index contributed by atoms with van der Waals surface area (Å²) in [6.07, 6.45) is 0.991. The van der Waals surface area contributed by atoms with E-state index in [9.17, 15) is 9.59 Å². The van der Waals surface area contributed by atoms with Gasteiger partial charge in [-0.3, -0.25) is 9.59 Å². The van der Waals surface area contributed by atoms with E-state index in [1.54, 1.807) is 30.3 Å². The SMILES string of the molecule is O=C(c1ccccc1)C1C=COC(O)C1=O. The Hall–Kier alpha value is -1.94. The molecule has 1 aliphatic heterocycles. The highest BCUT2D eigenvalue weighted by Crippen LogP contribution is 2.17. The van der Waals surface area contributed by atoms with Crippen LogP contribution in [0.25, 0.3) is 0 Å². The summed E-state index contributed by atoms with van der Waals surface area (Å²) in [5.41, 5.74) is 0.444. The van der Waals surface area contributed by atoms with E-state index in [-0.39, 0.29) is 5.78 Å². The molecule has 0 saturated carbocycles. The topological polar surface area (TPSA) is 63.6 Å². The molecule has 0 radical (unpaired) electrons. The molecule has 1 aromatic rings. The molecule has 1 N–H and O–H groups in total. The molecule has 16 heavy (non-hydrogen) atoms. The van der Waals surface area contributed by atoms with Gasteiger partial charge >= 0.3 is 0 Å². The highest BCUT2D eigenvalue weighted by atomic mass is 16.6. The Morgan fingerprint density at radius 3 is 2.62 bits per heavy atom. The molecule has 2 rings (SSSR count). The third-order valence-electron chi connectivity index (χ3n) is 2.37. The molecule has 1 aliphatic rings. The van der Waals surface area contributed by atoms with Crippen LogP contribution in [-0.4, -0.2) is 23.0 Å². The minimum Gasteiger partial charge on any atom is -0.465 e. The Balaban J connectivity index is 2.26. The van der Waals surface area contributed by atoms with Crippen LogP contribution >= 0.6 is 0 Å². The Morgan fingerprint density at radius 2 is 1.94 bits per heavy atom. The van der Waals surface area contributed by atoms with Crippen LogP contribution in [0.3, 0.4) is 0 Å². The number of ketones is 2. The fourth-order valence-corrected chi connectivity index (χ4v) is 1.51. The second-order valence-corrected chi connectivity index (χ2v) is 3.43. The van der Waals surface area contributed by atoms with Gasteiger partial charge in [-0.25, -0.2) is 0 Å². The summed E-state index contributed by atoms with van der Waals surface area (Å²) in [6.45, 7) is 0. The van der Waals surface area contributed by atoms with E-state index in [0.29, 0.717) is 5.56 Å². The van der Waals surface area contributed by atoms with Crippen molar-refractivity contribution in [2.24, 2.45) is 5.92 Å². The van der Waals surface area contributed by atoms with Crippen LogP contribution in [0.1, 0.15) is 10.4 Å². The lowest BCUT2D eigenvalue weighted by molar-refractivity contribution is -0.150. The molecule has 0 bridgehead atoms. The predicted molar refractivity (Wildman–Crippen MR) is 55.5 cm³/mol. The Bertz CT molecular complexity index is 436. The van der Waals surface area contributed by atoms with E-state index < -0.39 is 18.0 Å². The molecule has 0 spiro atoms. The average Bonchev–Trinajstić information content (AvgIpc) is 2.33. The summed E-state index contributed by atoms with van der Waals surface area (Å²) in [7, 11) is 0. The number of carbonyl (C=O) groups is 2. The number of Topliss-reactive ketones (excluding diaryl/α,β-unsaturated/α-hetero) is 2. The van der Waals surface area contributed by atoms with Gasteiger partial charge < -0.3 is 9.84 Å². The molecule has 2 unspecified atom stereocenters. The van der Waals surface area contributed by atoms with Crippen LogP contribution in [-0.2, 0) is 9.53 Å². The zero-order valence-electron chi connectivity index (χ0n) is 8.37. The van der Waals surface area contributed by atoms with Crippen molar-refractivity contribution in [3.8, 4) is 0 Å². The number of aliphatic hydroxyl groups is 1. The van der Waals surface area contributed by atoms with Crippen molar-refractivity contribution in [1.82, 2.24) is 0 Å². The van der Waals surface area contributed by atoms with Gasteiger partial charge in [0.25, 0.3) is 6.29 Å². The first-order chi connectivity index (χ1) is 7.70. The first-order valence-electron chi connectivity index (χ1n) is 4.83. The van der Waals surface area contributed by atoms with Crippen LogP contribution in [0.4, 0.5) is 0 Å². The third-order valence-corrected chi connectivity index (χ3v) is 2.37. The zero-order chi connectivity index (χ0) is 11.5. The van der Waals surface area contributed by atoms with Crippen LogP contribution < -0.4 is 0 Å². The Kier molecular flexibility index (Phi) is 2.83. The summed E-state index contributed by atoms with van der Waals surface area (Å²) in [5.74, 6) is -1.91. The molecule has 4 nitrogen and oxygen atoms in total. The Morgan fingerprint density at radius 1 is 1.25 bits per heavy atom. The van der Waals surface area contributed by atoms with E-state index >= 15 is 0 Å². The molecule has 0 aliphatic carbocycles. The van der Waals surface area contributed by atoms with Crippen LogP contribution in [0.5, 0.6) is 0 Å². The zero-order valence-corrected chi connectivity index (χ0v) is 8.37. The monoisotopic (exact) mass is 218 g/mol. The summed E-state index contributed by atoms with van der Waals surface area (Å²) >= 11 is 0. The van der Waals surface area contributed by atoms with E-state index in [2.05, 4.69) is 4.74 Å². The lowest BCUT2D eigenvalue weighted by Gasteiger charge is -2.19. The molecular weight excluding hydrogens is 208 g/mol. The van der Waals surface area contributed by atoms with Crippen molar-refractivity contribution in [3.63, 3.8) is 0 Å².